The Labute approximate surface area is 191 Å². The molecule has 1 unspecified atom stereocenters. The summed E-state index contributed by atoms with van der Waals surface area (Å²) in [4.78, 5) is 16.3. The van der Waals surface area contributed by atoms with Gasteiger partial charge in [-0.1, -0.05) is 58.8 Å². The van der Waals surface area contributed by atoms with E-state index in [2.05, 4.69) is 10.3 Å². The maximum atomic E-state index is 14.6. The standard InChI is InChI=1S/C22H15Cl2FN2O3S/c1-12(20-14(23)8-5-9-15(20)24)29-18-11-19-17(10-16(18)25)26-21(31-19)27-22(28)30-13-6-3-2-4-7-13/h2-12H,1H3,(H,26,27,28). The molecule has 4 rings (SSSR count). The number of ether oxygens (including phenoxy) is 2. The van der Waals surface area contributed by atoms with Crippen LogP contribution in [0.4, 0.5) is 14.3 Å². The topological polar surface area (TPSA) is 60.5 Å². The Hall–Kier alpha value is -2.87. The number of benzene rings is 3. The predicted molar refractivity (Wildman–Crippen MR) is 121 cm³/mol. The average molecular weight is 477 g/mol. The van der Waals surface area contributed by atoms with Gasteiger partial charge in [-0.3, -0.25) is 5.32 Å². The Balaban J connectivity index is 1.53. The van der Waals surface area contributed by atoms with E-state index in [9.17, 15) is 9.18 Å². The van der Waals surface area contributed by atoms with Crippen molar-refractivity contribution in [3.05, 3.63) is 82.1 Å². The lowest BCUT2D eigenvalue weighted by Crippen LogP contribution is -2.16. The molecule has 0 saturated carbocycles. The van der Waals surface area contributed by atoms with Crippen LogP contribution < -0.4 is 14.8 Å². The SMILES string of the molecule is CC(Oc1cc2sc(NC(=O)Oc3ccccc3)nc2cc1F)c1c(Cl)cccc1Cl. The van der Waals surface area contributed by atoms with Crippen LogP contribution in [-0.2, 0) is 0 Å². The molecule has 5 nitrogen and oxygen atoms in total. The smallest absolute Gasteiger partial charge is 0.418 e. The first-order valence-electron chi connectivity index (χ1n) is 9.15. The van der Waals surface area contributed by atoms with Crippen LogP contribution in [0.15, 0.2) is 60.7 Å². The largest absolute Gasteiger partial charge is 0.483 e. The molecule has 0 aliphatic heterocycles. The molecule has 158 valence electrons. The third-order valence-corrected chi connectivity index (χ3v) is 5.91. The van der Waals surface area contributed by atoms with Crippen molar-refractivity contribution in [1.82, 2.24) is 4.98 Å². The minimum absolute atomic E-state index is 0.0260. The van der Waals surface area contributed by atoms with E-state index >= 15 is 0 Å². The number of hydrogen-bond acceptors (Lipinski definition) is 5. The van der Waals surface area contributed by atoms with Gasteiger partial charge in [-0.15, -0.1) is 0 Å². The maximum Gasteiger partial charge on any atom is 0.418 e. The fourth-order valence-electron chi connectivity index (χ4n) is 2.93. The Morgan fingerprint density at radius 2 is 1.81 bits per heavy atom. The molecule has 0 bridgehead atoms. The lowest BCUT2D eigenvalue weighted by Gasteiger charge is -2.18. The second-order valence-corrected chi connectivity index (χ2v) is 8.34. The molecule has 9 heteroatoms. The molecule has 1 aromatic heterocycles. The van der Waals surface area contributed by atoms with Gasteiger partial charge in [0.15, 0.2) is 16.7 Å². The summed E-state index contributed by atoms with van der Waals surface area (Å²) in [5.41, 5.74) is 0.953. The number of thiazole rings is 1. The number of para-hydroxylation sites is 1. The minimum atomic E-state index is -0.691. The van der Waals surface area contributed by atoms with Gasteiger partial charge in [0.2, 0.25) is 0 Å². The molecule has 1 N–H and O–H groups in total. The second kappa shape index (κ2) is 9.09. The molecule has 1 atom stereocenters. The van der Waals surface area contributed by atoms with Crippen LogP contribution in [0.1, 0.15) is 18.6 Å². The highest BCUT2D eigenvalue weighted by Crippen LogP contribution is 2.36. The van der Waals surface area contributed by atoms with E-state index in [1.807, 2.05) is 6.07 Å². The van der Waals surface area contributed by atoms with Crippen molar-refractivity contribution in [3.63, 3.8) is 0 Å². The molecule has 4 aromatic rings. The van der Waals surface area contributed by atoms with Crippen molar-refractivity contribution in [1.29, 1.82) is 0 Å². The molecule has 0 fully saturated rings. The molecule has 1 amide bonds. The Bertz CT molecular complexity index is 1230. The summed E-state index contributed by atoms with van der Waals surface area (Å²) in [6.07, 6.45) is -1.27. The van der Waals surface area contributed by atoms with Crippen molar-refractivity contribution in [2.45, 2.75) is 13.0 Å². The molecule has 3 aromatic carbocycles. The van der Waals surface area contributed by atoms with Crippen LogP contribution in [0, 0.1) is 5.82 Å². The van der Waals surface area contributed by atoms with Crippen molar-refractivity contribution < 1.29 is 18.7 Å². The summed E-state index contributed by atoms with van der Waals surface area (Å²) in [5, 5.41) is 3.69. The fourth-order valence-corrected chi connectivity index (χ4v) is 4.50. The summed E-state index contributed by atoms with van der Waals surface area (Å²) in [6, 6.07) is 16.5. The average Bonchev–Trinajstić information content (AvgIpc) is 3.09. The normalized spacial score (nSPS) is 11.9. The van der Waals surface area contributed by atoms with Gasteiger partial charge in [0.05, 0.1) is 10.2 Å². The zero-order valence-electron chi connectivity index (χ0n) is 16.1. The van der Waals surface area contributed by atoms with E-state index in [0.717, 1.165) is 0 Å². The van der Waals surface area contributed by atoms with E-state index in [-0.39, 0.29) is 10.9 Å². The lowest BCUT2D eigenvalue weighted by atomic mass is 10.1. The first-order valence-corrected chi connectivity index (χ1v) is 10.7. The zero-order chi connectivity index (χ0) is 22.0. The number of nitrogens with zero attached hydrogens (tertiary/aromatic N) is 1. The first kappa shape index (κ1) is 21.4. The number of anilines is 1. The quantitative estimate of drug-likeness (QED) is 0.324. The van der Waals surface area contributed by atoms with Gasteiger partial charge in [-0.25, -0.2) is 14.2 Å². The van der Waals surface area contributed by atoms with E-state index in [1.54, 1.807) is 49.4 Å². The summed E-state index contributed by atoms with van der Waals surface area (Å²) < 4.78 is 26.2. The highest BCUT2D eigenvalue weighted by Gasteiger charge is 2.19. The summed E-state index contributed by atoms with van der Waals surface area (Å²) >= 11 is 13.6. The number of amides is 1. The van der Waals surface area contributed by atoms with Gasteiger partial charge in [0.25, 0.3) is 0 Å². The number of fused-ring (bicyclic) bond motifs is 1. The fraction of sp³-hybridized carbons (Fsp3) is 0.0909. The van der Waals surface area contributed by atoms with Crippen LogP contribution in [-0.4, -0.2) is 11.1 Å². The van der Waals surface area contributed by atoms with Crippen LogP contribution in [0.25, 0.3) is 10.2 Å². The third kappa shape index (κ3) is 4.90. The molecule has 0 spiro atoms. The molecule has 0 aliphatic rings. The molecular formula is C22H15Cl2FN2O3S. The maximum absolute atomic E-state index is 14.6. The molecule has 0 aliphatic carbocycles. The van der Waals surface area contributed by atoms with E-state index in [0.29, 0.717) is 31.6 Å². The van der Waals surface area contributed by atoms with Crippen LogP contribution in [0.3, 0.4) is 0 Å². The van der Waals surface area contributed by atoms with E-state index in [1.165, 1.54) is 23.5 Å². The predicted octanol–water partition coefficient (Wildman–Crippen LogP) is 7.49. The monoisotopic (exact) mass is 476 g/mol. The van der Waals surface area contributed by atoms with Gasteiger partial charge >= 0.3 is 6.09 Å². The highest BCUT2D eigenvalue weighted by molar-refractivity contribution is 7.22. The molecule has 0 radical (unpaired) electrons. The zero-order valence-corrected chi connectivity index (χ0v) is 18.4. The van der Waals surface area contributed by atoms with Gasteiger partial charge in [0.1, 0.15) is 11.9 Å². The number of aromatic nitrogens is 1. The summed E-state index contributed by atoms with van der Waals surface area (Å²) in [7, 11) is 0. The molecule has 31 heavy (non-hydrogen) atoms. The van der Waals surface area contributed by atoms with Crippen LogP contribution >= 0.6 is 34.5 Å². The van der Waals surface area contributed by atoms with Gasteiger partial charge in [0, 0.05) is 27.7 Å². The molecule has 1 heterocycles. The molecule has 0 saturated heterocycles. The van der Waals surface area contributed by atoms with E-state index in [4.69, 9.17) is 32.7 Å². The number of nitrogens with one attached hydrogen (secondary N) is 1. The number of carbonyl (C=O) groups excluding carboxylic acids is 1. The Kier molecular flexibility index (Phi) is 6.27. The Morgan fingerprint density at radius 1 is 1.10 bits per heavy atom. The number of hydrogen-bond donors (Lipinski definition) is 1. The first-order chi connectivity index (χ1) is 14.9. The number of halogens is 3. The van der Waals surface area contributed by atoms with Gasteiger partial charge in [-0.05, 0) is 31.2 Å². The second-order valence-electron chi connectivity index (χ2n) is 6.49. The van der Waals surface area contributed by atoms with E-state index < -0.39 is 18.0 Å². The van der Waals surface area contributed by atoms with Crippen molar-refractivity contribution in [2.75, 3.05) is 5.32 Å². The lowest BCUT2D eigenvalue weighted by molar-refractivity contribution is 0.215. The van der Waals surface area contributed by atoms with Crippen LogP contribution in [0.2, 0.25) is 10.0 Å². The molecular weight excluding hydrogens is 462 g/mol. The Morgan fingerprint density at radius 3 is 2.52 bits per heavy atom. The highest BCUT2D eigenvalue weighted by atomic mass is 35.5. The summed E-state index contributed by atoms with van der Waals surface area (Å²) in [6.45, 7) is 1.73. The van der Waals surface area contributed by atoms with Crippen molar-refractivity contribution in [2.24, 2.45) is 0 Å². The third-order valence-electron chi connectivity index (χ3n) is 4.31. The number of carbonyl (C=O) groups is 1. The van der Waals surface area contributed by atoms with Crippen molar-refractivity contribution in [3.8, 4) is 11.5 Å². The van der Waals surface area contributed by atoms with Gasteiger partial charge < -0.3 is 9.47 Å². The minimum Gasteiger partial charge on any atom is -0.483 e. The van der Waals surface area contributed by atoms with Gasteiger partial charge in [-0.2, -0.15) is 0 Å². The van der Waals surface area contributed by atoms with Crippen molar-refractivity contribution >= 4 is 56.0 Å². The van der Waals surface area contributed by atoms with Crippen LogP contribution in [0.5, 0.6) is 11.5 Å². The summed E-state index contributed by atoms with van der Waals surface area (Å²) in [5.74, 6) is -0.167. The number of rotatable bonds is 5.